The van der Waals surface area contributed by atoms with Crippen molar-refractivity contribution in [3.8, 4) is 0 Å². The van der Waals surface area contributed by atoms with E-state index in [9.17, 15) is 24.4 Å². The second-order valence-corrected chi connectivity index (χ2v) is 8.69. The Bertz CT molecular complexity index is 960. The summed E-state index contributed by atoms with van der Waals surface area (Å²) in [5.74, 6) is -1.29. The first-order chi connectivity index (χ1) is 14.6. The molecule has 166 valence electrons. The van der Waals surface area contributed by atoms with Crippen LogP contribution in [0.4, 0.5) is 4.79 Å². The third kappa shape index (κ3) is 6.70. The highest BCUT2D eigenvalue weighted by Gasteiger charge is 2.38. The molecule has 2 unspecified atom stereocenters. The maximum absolute atomic E-state index is 12.7. The van der Waals surface area contributed by atoms with E-state index in [-0.39, 0.29) is 16.3 Å². The van der Waals surface area contributed by atoms with Crippen molar-refractivity contribution in [1.29, 1.82) is 0 Å². The van der Waals surface area contributed by atoms with Crippen LogP contribution in [0.15, 0.2) is 30.5 Å². The van der Waals surface area contributed by atoms with Gasteiger partial charge in [0.25, 0.3) is 5.91 Å². The first kappa shape index (κ1) is 25.2. The molecule has 1 aliphatic heterocycles. The highest BCUT2D eigenvalue weighted by molar-refractivity contribution is 8.31. The lowest BCUT2D eigenvalue weighted by atomic mass is 9.78. The molecular formula is C20H26BN3O5S2. The van der Waals surface area contributed by atoms with Gasteiger partial charge < -0.3 is 20.3 Å². The van der Waals surface area contributed by atoms with Crippen LogP contribution in [-0.2, 0) is 4.79 Å². The fourth-order valence-electron chi connectivity index (χ4n) is 3.42. The summed E-state index contributed by atoms with van der Waals surface area (Å²) >= 11 is 4.53. The number of benzene rings is 1. The van der Waals surface area contributed by atoms with Gasteiger partial charge in [-0.1, -0.05) is 36.0 Å². The van der Waals surface area contributed by atoms with E-state index in [1.165, 1.54) is 4.90 Å². The van der Waals surface area contributed by atoms with Crippen LogP contribution in [0.3, 0.4) is 0 Å². The van der Waals surface area contributed by atoms with Gasteiger partial charge in [0, 0.05) is 18.1 Å². The van der Waals surface area contributed by atoms with Crippen molar-refractivity contribution in [3.63, 3.8) is 0 Å². The van der Waals surface area contributed by atoms with Gasteiger partial charge in [0.15, 0.2) is 0 Å². The number of carbonyl (C=O) groups is 3. The summed E-state index contributed by atoms with van der Waals surface area (Å²) in [7, 11) is -1.57. The fourth-order valence-corrected chi connectivity index (χ4v) is 3.42. The smallest absolute Gasteiger partial charge is 0.426 e. The average Bonchev–Trinajstić information content (AvgIpc) is 3.23. The number of hydrogen-bond donors (Lipinski definition) is 4. The number of nitrogens with one attached hydrogen (secondary N) is 1. The van der Waals surface area contributed by atoms with Gasteiger partial charge >= 0.3 is 7.12 Å². The number of amides is 2. The molecular weight excluding hydrogens is 437 g/mol. The normalized spacial score (nSPS) is 16.3. The molecule has 0 spiro atoms. The SMILES string of the molecule is CSC(=O)S.Cc1ccc2nccc(C(=O)NC(C)C(=O)N3CCCC3B(O)O)c2c1. The van der Waals surface area contributed by atoms with Crippen LogP contribution in [0.2, 0.25) is 0 Å². The Morgan fingerprint density at radius 2 is 2.00 bits per heavy atom. The van der Waals surface area contributed by atoms with Gasteiger partial charge in [0.1, 0.15) is 6.04 Å². The van der Waals surface area contributed by atoms with Crippen LogP contribution in [0.1, 0.15) is 35.7 Å². The summed E-state index contributed by atoms with van der Waals surface area (Å²) < 4.78 is -0.134. The number of thiol groups is 1. The molecule has 3 rings (SSSR count). The van der Waals surface area contributed by atoms with Gasteiger partial charge in [-0.25, -0.2) is 0 Å². The van der Waals surface area contributed by atoms with Crippen LogP contribution in [0, 0.1) is 6.92 Å². The quantitative estimate of drug-likeness (QED) is 0.405. The second-order valence-electron chi connectivity index (χ2n) is 7.20. The number of likely N-dealkylation sites (tertiary alicyclic amines) is 1. The van der Waals surface area contributed by atoms with E-state index in [0.29, 0.717) is 30.5 Å². The van der Waals surface area contributed by atoms with Gasteiger partial charge in [-0.15, -0.1) is 0 Å². The molecule has 1 aliphatic rings. The van der Waals surface area contributed by atoms with Crippen molar-refractivity contribution in [2.24, 2.45) is 0 Å². The van der Waals surface area contributed by atoms with Crippen LogP contribution in [0.25, 0.3) is 10.9 Å². The topological polar surface area (TPSA) is 120 Å². The number of fused-ring (bicyclic) bond motifs is 1. The second kappa shape index (κ2) is 11.5. The lowest BCUT2D eigenvalue weighted by Gasteiger charge is -2.27. The molecule has 0 radical (unpaired) electrons. The maximum Gasteiger partial charge on any atom is 0.475 e. The zero-order chi connectivity index (χ0) is 23.1. The van der Waals surface area contributed by atoms with Crippen molar-refractivity contribution in [1.82, 2.24) is 15.2 Å². The number of nitrogens with zero attached hydrogens (tertiary/aromatic N) is 2. The van der Waals surface area contributed by atoms with Crippen LogP contribution in [-0.4, -0.2) is 68.1 Å². The molecule has 2 heterocycles. The Labute approximate surface area is 191 Å². The minimum atomic E-state index is -1.57. The Morgan fingerprint density at radius 3 is 2.61 bits per heavy atom. The van der Waals surface area contributed by atoms with Gasteiger partial charge in [-0.2, -0.15) is 0 Å². The van der Waals surface area contributed by atoms with E-state index in [2.05, 4.69) is 22.9 Å². The van der Waals surface area contributed by atoms with E-state index in [1.54, 1.807) is 25.4 Å². The van der Waals surface area contributed by atoms with Crippen LogP contribution >= 0.6 is 24.4 Å². The van der Waals surface area contributed by atoms with Crippen molar-refractivity contribution in [3.05, 3.63) is 41.6 Å². The molecule has 1 aromatic carbocycles. The molecule has 8 nitrogen and oxygen atoms in total. The standard InChI is InChI=1S/C18H22BN3O4.C2H4OS2/c1-11-5-6-15-14(10-11)13(7-8-20-15)17(23)21-12(2)18(24)22-9-3-4-16(22)19(25)26;1-5-2(3)4/h5-8,10,12,16,25-26H,3-4,9H2,1-2H3,(H,21,23);1H3,(H,3,4). The van der Waals surface area contributed by atoms with Gasteiger partial charge in [0.05, 0.1) is 17.0 Å². The monoisotopic (exact) mass is 463 g/mol. The molecule has 1 fully saturated rings. The number of thioether (sulfide) groups is 1. The van der Waals surface area contributed by atoms with E-state index in [0.717, 1.165) is 22.7 Å². The van der Waals surface area contributed by atoms with Crippen molar-refractivity contribution < 1.29 is 24.4 Å². The largest absolute Gasteiger partial charge is 0.475 e. The molecule has 2 atom stereocenters. The van der Waals surface area contributed by atoms with E-state index in [1.807, 2.05) is 25.1 Å². The molecule has 1 saturated heterocycles. The maximum atomic E-state index is 12.7. The molecule has 3 N–H and O–H groups in total. The van der Waals surface area contributed by atoms with Crippen LogP contribution in [0.5, 0.6) is 0 Å². The molecule has 0 saturated carbocycles. The Morgan fingerprint density at radius 1 is 1.32 bits per heavy atom. The van der Waals surface area contributed by atoms with E-state index in [4.69, 9.17) is 0 Å². The number of aryl methyl sites for hydroxylation is 1. The molecule has 1 aromatic heterocycles. The number of aromatic nitrogens is 1. The Kier molecular flexibility index (Phi) is 9.36. The highest BCUT2D eigenvalue weighted by atomic mass is 32.2. The average molecular weight is 463 g/mol. The Hall–Kier alpha value is -2.08. The first-order valence-electron chi connectivity index (χ1n) is 9.75. The van der Waals surface area contributed by atoms with E-state index >= 15 is 0 Å². The minimum Gasteiger partial charge on any atom is -0.426 e. The summed E-state index contributed by atoms with van der Waals surface area (Å²) in [5, 5.41) is 22.3. The zero-order valence-corrected chi connectivity index (χ0v) is 19.3. The van der Waals surface area contributed by atoms with Crippen molar-refractivity contribution >= 4 is 58.7 Å². The fraction of sp³-hybridized carbons (Fsp3) is 0.400. The molecule has 11 heteroatoms. The third-order valence-electron chi connectivity index (χ3n) is 4.96. The highest BCUT2D eigenvalue weighted by Crippen LogP contribution is 2.20. The number of hydrogen-bond acceptors (Lipinski definition) is 7. The zero-order valence-electron chi connectivity index (χ0n) is 17.6. The molecule has 2 amide bonds. The number of rotatable bonds is 4. The third-order valence-corrected chi connectivity index (χ3v) is 5.86. The summed E-state index contributed by atoms with van der Waals surface area (Å²) in [6, 6.07) is 6.53. The predicted molar refractivity (Wildman–Crippen MR) is 126 cm³/mol. The van der Waals surface area contributed by atoms with Crippen LogP contribution < -0.4 is 5.32 Å². The first-order valence-corrected chi connectivity index (χ1v) is 11.4. The summed E-state index contributed by atoms with van der Waals surface area (Å²) in [5.41, 5.74) is 2.18. The number of pyridine rings is 1. The minimum absolute atomic E-state index is 0.134. The molecule has 0 bridgehead atoms. The van der Waals surface area contributed by atoms with Gasteiger partial charge in [-0.3, -0.25) is 19.4 Å². The molecule has 31 heavy (non-hydrogen) atoms. The lowest BCUT2D eigenvalue weighted by molar-refractivity contribution is -0.132. The van der Waals surface area contributed by atoms with Crippen molar-refractivity contribution in [2.45, 2.75) is 38.7 Å². The van der Waals surface area contributed by atoms with E-state index < -0.39 is 19.1 Å². The summed E-state index contributed by atoms with van der Waals surface area (Å²) in [6.07, 6.45) is 4.51. The lowest BCUT2D eigenvalue weighted by Crippen LogP contribution is -2.52. The van der Waals surface area contributed by atoms with Crippen molar-refractivity contribution in [2.75, 3.05) is 12.8 Å². The molecule has 2 aromatic rings. The van der Waals surface area contributed by atoms with Gasteiger partial charge in [0.2, 0.25) is 10.4 Å². The van der Waals surface area contributed by atoms with Gasteiger partial charge in [-0.05, 0) is 51.1 Å². The predicted octanol–water partition coefficient (Wildman–Crippen LogP) is 2.06. The number of carbonyl (C=O) groups excluding carboxylic acids is 3. The summed E-state index contributed by atoms with van der Waals surface area (Å²) in [4.78, 5) is 40.7. The Balaban J connectivity index is 0.000000614. The molecule has 0 aliphatic carbocycles. The summed E-state index contributed by atoms with van der Waals surface area (Å²) in [6.45, 7) is 4.00.